The fourth-order valence-corrected chi connectivity index (χ4v) is 2.01. The number of rotatable bonds is 6. The standard InChI is InChI=1S/C17H17F2NO2/c1-12-4-2-3-5-13(12)8-9-20-17(21)11-22-16-7-6-14(18)10-15(16)19/h2-7,10H,8-9,11H2,1H3,(H,20,21). The first-order valence-corrected chi connectivity index (χ1v) is 6.95. The molecule has 1 amide bonds. The first-order chi connectivity index (χ1) is 10.6. The van der Waals surface area contributed by atoms with Crippen molar-refractivity contribution in [3.63, 3.8) is 0 Å². The summed E-state index contributed by atoms with van der Waals surface area (Å²) in [5.41, 5.74) is 2.33. The Morgan fingerprint density at radius 3 is 2.68 bits per heavy atom. The van der Waals surface area contributed by atoms with Crippen molar-refractivity contribution in [2.75, 3.05) is 13.2 Å². The maximum absolute atomic E-state index is 13.3. The van der Waals surface area contributed by atoms with Gasteiger partial charge >= 0.3 is 0 Å². The number of hydrogen-bond donors (Lipinski definition) is 1. The van der Waals surface area contributed by atoms with Crippen LogP contribution < -0.4 is 10.1 Å². The van der Waals surface area contributed by atoms with E-state index in [1.807, 2.05) is 31.2 Å². The van der Waals surface area contributed by atoms with Crippen molar-refractivity contribution < 1.29 is 18.3 Å². The summed E-state index contributed by atoms with van der Waals surface area (Å²) >= 11 is 0. The topological polar surface area (TPSA) is 38.3 Å². The van der Waals surface area contributed by atoms with E-state index in [4.69, 9.17) is 4.74 Å². The molecule has 0 fully saturated rings. The van der Waals surface area contributed by atoms with Gasteiger partial charge in [0.15, 0.2) is 18.2 Å². The van der Waals surface area contributed by atoms with Crippen LogP contribution in [0.4, 0.5) is 8.78 Å². The van der Waals surface area contributed by atoms with E-state index in [9.17, 15) is 13.6 Å². The maximum atomic E-state index is 13.3. The number of carbonyl (C=O) groups is 1. The van der Waals surface area contributed by atoms with E-state index in [1.54, 1.807) is 0 Å². The van der Waals surface area contributed by atoms with Gasteiger partial charge in [0.05, 0.1) is 0 Å². The second-order valence-electron chi connectivity index (χ2n) is 4.89. The van der Waals surface area contributed by atoms with Gasteiger partial charge in [0.2, 0.25) is 0 Å². The minimum atomic E-state index is -0.826. The van der Waals surface area contributed by atoms with Crippen LogP contribution in [0, 0.1) is 18.6 Å². The van der Waals surface area contributed by atoms with Crippen molar-refractivity contribution in [3.8, 4) is 5.75 Å². The Labute approximate surface area is 127 Å². The van der Waals surface area contributed by atoms with Gasteiger partial charge in [-0.1, -0.05) is 24.3 Å². The summed E-state index contributed by atoms with van der Waals surface area (Å²) in [5.74, 6) is -2.01. The highest BCUT2D eigenvalue weighted by atomic mass is 19.1. The minimum absolute atomic E-state index is 0.143. The molecule has 22 heavy (non-hydrogen) atoms. The molecule has 0 aliphatic carbocycles. The molecule has 2 aromatic rings. The molecule has 0 atom stereocenters. The smallest absolute Gasteiger partial charge is 0.257 e. The highest BCUT2D eigenvalue weighted by molar-refractivity contribution is 5.77. The van der Waals surface area contributed by atoms with Gasteiger partial charge in [-0.2, -0.15) is 0 Å². The highest BCUT2D eigenvalue weighted by Crippen LogP contribution is 2.17. The summed E-state index contributed by atoms with van der Waals surface area (Å²) in [4.78, 5) is 11.6. The maximum Gasteiger partial charge on any atom is 0.257 e. The summed E-state index contributed by atoms with van der Waals surface area (Å²) in [6.07, 6.45) is 0.712. The Morgan fingerprint density at radius 1 is 1.18 bits per heavy atom. The van der Waals surface area contributed by atoms with Crippen molar-refractivity contribution >= 4 is 5.91 Å². The van der Waals surface area contributed by atoms with E-state index >= 15 is 0 Å². The SMILES string of the molecule is Cc1ccccc1CCNC(=O)COc1ccc(F)cc1F. The number of amides is 1. The van der Waals surface area contributed by atoms with Gasteiger partial charge in [-0.25, -0.2) is 8.78 Å². The zero-order chi connectivity index (χ0) is 15.9. The first kappa shape index (κ1) is 15.9. The molecule has 0 saturated carbocycles. The Kier molecular flexibility index (Phi) is 5.47. The van der Waals surface area contributed by atoms with Crippen LogP contribution in [0.15, 0.2) is 42.5 Å². The Bertz CT molecular complexity index is 659. The lowest BCUT2D eigenvalue weighted by atomic mass is 10.1. The number of carbonyl (C=O) groups excluding carboxylic acids is 1. The Morgan fingerprint density at radius 2 is 1.95 bits per heavy atom. The number of ether oxygens (including phenoxy) is 1. The molecule has 0 saturated heterocycles. The molecule has 0 bridgehead atoms. The van der Waals surface area contributed by atoms with Crippen LogP contribution in [0.5, 0.6) is 5.75 Å². The number of benzene rings is 2. The van der Waals surface area contributed by atoms with Crippen LogP contribution in [-0.2, 0) is 11.2 Å². The Balaban J connectivity index is 1.75. The molecule has 0 unspecified atom stereocenters. The van der Waals surface area contributed by atoms with Gasteiger partial charge in [0.25, 0.3) is 5.91 Å². The average Bonchev–Trinajstić information content (AvgIpc) is 2.48. The number of halogens is 2. The lowest BCUT2D eigenvalue weighted by molar-refractivity contribution is -0.123. The monoisotopic (exact) mass is 305 g/mol. The van der Waals surface area contributed by atoms with E-state index < -0.39 is 11.6 Å². The largest absolute Gasteiger partial charge is 0.481 e. The predicted octanol–water partition coefficient (Wildman–Crippen LogP) is 3.01. The third-order valence-electron chi connectivity index (χ3n) is 3.23. The molecule has 2 rings (SSSR count). The lowest BCUT2D eigenvalue weighted by Crippen LogP contribution is -2.30. The summed E-state index contributed by atoms with van der Waals surface area (Å²) in [6.45, 7) is 2.17. The van der Waals surface area contributed by atoms with E-state index in [0.29, 0.717) is 19.0 Å². The number of hydrogen-bond acceptors (Lipinski definition) is 2. The molecule has 0 aromatic heterocycles. The van der Waals surface area contributed by atoms with Gasteiger partial charge in [-0.05, 0) is 36.6 Å². The van der Waals surface area contributed by atoms with Gasteiger partial charge in [0, 0.05) is 12.6 Å². The molecule has 5 heteroatoms. The third kappa shape index (κ3) is 4.55. The van der Waals surface area contributed by atoms with Crippen molar-refractivity contribution in [1.82, 2.24) is 5.32 Å². The molecular formula is C17H17F2NO2. The second kappa shape index (κ2) is 7.54. The predicted molar refractivity (Wildman–Crippen MR) is 79.7 cm³/mol. The molecule has 116 valence electrons. The van der Waals surface area contributed by atoms with Gasteiger partial charge < -0.3 is 10.1 Å². The zero-order valence-corrected chi connectivity index (χ0v) is 12.2. The molecule has 0 spiro atoms. The number of nitrogens with one attached hydrogen (secondary N) is 1. The summed E-state index contributed by atoms with van der Waals surface area (Å²) in [6, 6.07) is 10.9. The van der Waals surface area contributed by atoms with Crippen molar-refractivity contribution in [2.45, 2.75) is 13.3 Å². The van der Waals surface area contributed by atoms with Crippen molar-refractivity contribution in [2.24, 2.45) is 0 Å². The fraction of sp³-hybridized carbons (Fsp3) is 0.235. The van der Waals surface area contributed by atoms with Crippen LogP contribution in [-0.4, -0.2) is 19.1 Å². The molecule has 3 nitrogen and oxygen atoms in total. The van der Waals surface area contributed by atoms with E-state index in [-0.39, 0.29) is 18.3 Å². The van der Waals surface area contributed by atoms with E-state index in [2.05, 4.69) is 5.32 Å². The molecule has 2 aromatic carbocycles. The van der Waals surface area contributed by atoms with Gasteiger partial charge in [0.1, 0.15) is 5.82 Å². The van der Waals surface area contributed by atoms with E-state index in [0.717, 1.165) is 17.7 Å². The molecule has 0 radical (unpaired) electrons. The second-order valence-corrected chi connectivity index (χ2v) is 4.89. The highest BCUT2D eigenvalue weighted by Gasteiger charge is 2.08. The van der Waals surface area contributed by atoms with Crippen LogP contribution in [0.25, 0.3) is 0 Å². The van der Waals surface area contributed by atoms with Crippen LogP contribution in [0.1, 0.15) is 11.1 Å². The van der Waals surface area contributed by atoms with Crippen molar-refractivity contribution in [1.29, 1.82) is 0 Å². The first-order valence-electron chi connectivity index (χ1n) is 6.95. The van der Waals surface area contributed by atoms with Crippen LogP contribution in [0.2, 0.25) is 0 Å². The number of aryl methyl sites for hydroxylation is 1. The quantitative estimate of drug-likeness (QED) is 0.891. The van der Waals surface area contributed by atoms with Crippen molar-refractivity contribution in [3.05, 3.63) is 65.2 Å². The summed E-state index contributed by atoms with van der Waals surface area (Å²) in [5, 5.41) is 2.70. The summed E-state index contributed by atoms with van der Waals surface area (Å²) < 4.78 is 31.1. The minimum Gasteiger partial charge on any atom is -0.481 e. The third-order valence-corrected chi connectivity index (χ3v) is 3.23. The summed E-state index contributed by atoms with van der Waals surface area (Å²) in [7, 11) is 0. The molecule has 0 heterocycles. The average molecular weight is 305 g/mol. The van der Waals surface area contributed by atoms with Crippen LogP contribution in [0.3, 0.4) is 0 Å². The molecule has 0 aliphatic heterocycles. The fourth-order valence-electron chi connectivity index (χ4n) is 2.01. The normalized spacial score (nSPS) is 10.3. The molecular weight excluding hydrogens is 288 g/mol. The van der Waals surface area contributed by atoms with E-state index in [1.165, 1.54) is 5.56 Å². The molecule has 0 aliphatic rings. The lowest BCUT2D eigenvalue weighted by Gasteiger charge is -2.09. The van der Waals surface area contributed by atoms with Gasteiger partial charge in [-0.3, -0.25) is 4.79 Å². The van der Waals surface area contributed by atoms with Crippen LogP contribution >= 0.6 is 0 Å². The zero-order valence-electron chi connectivity index (χ0n) is 12.2. The van der Waals surface area contributed by atoms with Gasteiger partial charge in [-0.15, -0.1) is 0 Å². The Hall–Kier alpha value is -2.43. The molecule has 1 N–H and O–H groups in total.